The molecule has 0 saturated carbocycles. The molecule has 0 atom stereocenters. The molecule has 1 aromatic heterocycles. The van der Waals surface area contributed by atoms with Crippen LogP contribution in [-0.4, -0.2) is 46.0 Å². The first kappa shape index (κ1) is 17.9. The average Bonchev–Trinajstić information content (AvgIpc) is 2.68. The number of para-hydroxylation sites is 1. The van der Waals surface area contributed by atoms with Crippen LogP contribution in [0.5, 0.6) is 0 Å². The van der Waals surface area contributed by atoms with E-state index in [2.05, 4.69) is 31.0 Å². The van der Waals surface area contributed by atoms with E-state index in [0.29, 0.717) is 6.54 Å². The Morgan fingerprint density at radius 2 is 1.77 bits per heavy atom. The fourth-order valence-electron chi connectivity index (χ4n) is 2.94. The van der Waals surface area contributed by atoms with E-state index in [4.69, 9.17) is 0 Å². The van der Waals surface area contributed by atoms with Gasteiger partial charge in [0, 0.05) is 13.1 Å². The molecule has 2 aromatic rings. The van der Waals surface area contributed by atoms with Crippen LogP contribution in [0.15, 0.2) is 36.7 Å². The van der Waals surface area contributed by atoms with Crippen molar-refractivity contribution in [3.05, 3.63) is 46.8 Å². The summed E-state index contributed by atoms with van der Waals surface area (Å²) < 4.78 is 0. The Labute approximate surface area is 152 Å². The second-order valence-corrected chi connectivity index (χ2v) is 6.12. The number of nitrogens with zero attached hydrogens (tertiary/aromatic N) is 4. The molecule has 0 aliphatic carbocycles. The van der Waals surface area contributed by atoms with Crippen molar-refractivity contribution >= 4 is 23.0 Å². The first-order valence-electron chi connectivity index (χ1n) is 8.77. The molecule has 1 fully saturated rings. The number of nitrogens with one attached hydrogen (secondary N) is 3. The Morgan fingerprint density at radius 1 is 1.04 bits per heavy atom. The van der Waals surface area contributed by atoms with Gasteiger partial charge in [-0.05, 0) is 38.1 Å². The van der Waals surface area contributed by atoms with Gasteiger partial charge in [-0.15, -0.1) is 0 Å². The van der Waals surface area contributed by atoms with Crippen molar-refractivity contribution in [1.29, 1.82) is 0 Å². The number of hydrogen-bond acceptors (Lipinski definition) is 8. The predicted molar refractivity (Wildman–Crippen MR) is 101 cm³/mol. The molecule has 0 amide bonds. The Morgan fingerprint density at radius 3 is 2.50 bits per heavy atom. The summed E-state index contributed by atoms with van der Waals surface area (Å²) in [5, 5.41) is 14.6. The molecule has 26 heavy (non-hydrogen) atoms. The highest BCUT2D eigenvalue weighted by Gasteiger charge is 2.23. The number of benzene rings is 1. The third-order valence-corrected chi connectivity index (χ3v) is 4.27. The van der Waals surface area contributed by atoms with E-state index in [0.717, 1.165) is 25.3 Å². The number of anilines is 3. The molecule has 3 N–H and O–H groups in total. The van der Waals surface area contributed by atoms with Crippen LogP contribution >= 0.6 is 0 Å². The average molecular weight is 357 g/mol. The van der Waals surface area contributed by atoms with Crippen LogP contribution < -0.4 is 16.2 Å². The minimum Gasteiger partial charge on any atom is -0.363 e. The number of aromatic nitrogens is 2. The van der Waals surface area contributed by atoms with E-state index in [1.807, 2.05) is 30.3 Å². The van der Waals surface area contributed by atoms with Gasteiger partial charge in [0.05, 0.1) is 10.6 Å². The first-order valence-corrected chi connectivity index (χ1v) is 8.77. The zero-order valence-electron chi connectivity index (χ0n) is 14.5. The van der Waals surface area contributed by atoms with E-state index in [1.54, 1.807) is 0 Å². The van der Waals surface area contributed by atoms with Gasteiger partial charge in [-0.25, -0.2) is 9.97 Å². The zero-order valence-corrected chi connectivity index (χ0v) is 14.5. The largest absolute Gasteiger partial charge is 0.363 e. The summed E-state index contributed by atoms with van der Waals surface area (Å²) in [6.07, 6.45) is 5.02. The molecule has 1 saturated heterocycles. The molecule has 0 radical (unpaired) electrons. The molecule has 9 heteroatoms. The topological polar surface area (TPSA) is 108 Å². The highest BCUT2D eigenvalue weighted by molar-refractivity contribution is 5.70. The maximum Gasteiger partial charge on any atom is 0.354 e. The van der Waals surface area contributed by atoms with Gasteiger partial charge in [0.1, 0.15) is 6.33 Å². The van der Waals surface area contributed by atoms with Crippen LogP contribution in [0.25, 0.3) is 0 Å². The normalized spacial score (nSPS) is 14.6. The lowest BCUT2D eigenvalue weighted by Gasteiger charge is -2.26. The van der Waals surface area contributed by atoms with E-state index >= 15 is 0 Å². The van der Waals surface area contributed by atoms with Crippen molar-refractivity contribution in [2.24, 2.45) is 0 Å². The molecular weight excluding hydrogens is 334 g/mol. The predicted octanol–water partition coefficient (Wildman–Crippen LogP) is 2.72. The van der Waals surface area contributed by atoms with Gasteiger partial charge < -0.3 is 10.2 Å². The molecule has 0 unspecified atom stereocenters. The summed E-state index contributed by atoms with van der Waals surface area (Å²) in [5.41, 5.74) is 6.31. The van der Waals surface area contributed by atoms with Crippen LogP contribution in [0, 0.1) is 10.1 Å². The monoisotopic (exact) mass is 357 g/mol. The summed E-state index contributed by atoms with van der Waals surface area (Å²) in [7, 11) is 0. The van der Waals surface area contributed by atoms with Gasteiger partial charge in [0.2, 0.25) is 11.6 Å². The number of rotatable bonds is 8. The minimum absolute atomic E-state index is 0.120. The second-order valence-electron chi connectivity index (χ2n) is 6.12. The number of hydrazine groups is 1. The van der Waals surface area contributed by atoms with Crippen molar-refractivity contribution in [3.8, 4) is 0 Å². The van der Waals surface area contributed by atoms with Crippen molar-refractivity contribution in [2.75, 3.05) is 42.3 Å². The SMILES string of the molecule is O=[N+]([O-])c1c(NCCN2CCCCC2)ncnc1NNc1ccccc1. The van der Waals surface area contributed by atoms with E-state index in [9.17, 15) is 10.1 Å². The maximum atomic E-state index is 11.5. The molecule has 3 rings (SSSR count). The van der Waals surface area contributed by atoms with Crippen LogP contribution in [0.4, 0.5) is 23.0 Å². The van der Waals surface area contributed by atoms with Gasteiger partial charge >= 0.3 is 5.69 Å². The van der Waals surface area contributed by atoms with Gasteiger partial charge in [-0.1, -0.05) is 24.6 Å². The number of piperidine rings is 1. The highest BCUT2D eigenvalue weighted by Crippen LogP contribution is 2.28. The lowest BCUT2D eigenvalue weighted by Crippen LogP contribution is -2.33. The summed E-state index contributed by atoms with van der Waals surface area (Å²) >= 11 is 0. The molecule has 2 heterocycles. The molecule has 1 aliphatic rings. The summed E-state index contributed by atoms with van der Waals surface area (Å²) in [6, 6.07) is 9.32. The van der Waals surface area contributed by atoms with Gasteiger partial charge in [-0.2, -0.15) is 0 Å². The van der Waals surface area contributed by atoms with Gasteiger partial charge in [0.15, 0.2) is 0 Å². The lowest BCUT2D eigenvalue weighted by atomic mass is 10.1. The zero-order chi connectivity index (χ0) is 18.2. The van der Waals surface area contributed by atoms with Crippen molar-refractivity contribution in [3.63, 3.8) is 0 Å². The maximum absolute atomic E-state index is 11.5. The Bertz CT molecular complexity index is 720. The number of nitro groups is 1. The lowest BCUT2D eigenvalue weighted by molar-refractivity contribution is -0.383. The third-order valence-electron chi connectivity index (χ3n) is 4.27. The van der Waals surface area contributed by atoms with Crippen LogP contribution in [0.3, 0.4) is 0 Å². The molecule has 1 aromatic carbocycles. The van der Waals surface area contributed by atoms with E-state index < -0.39 is 4.92 Å². The third kappa shape index (κ3) is 4.79. The molecule has 0 bridgehead atoms. The van der Waals surface area contributed by atoms with Gasteiger partial charge in [0.25, 0.3) is 0 Å². The van der Waals surface area contributed by atoms with Crippen molar-refractivity contribution < 1.29 is 4.92 Å². The summed E-state index contributed by atoms with van der Waals surface area (Å²) in [5.74, 6) is 0.341. The van der Waals surface area contributed by atoms with Crippen molar-refractivity contribution in [2.45, 2.75) is 19.3 Å². The summed E-state index contributed by atoms with van der Waals surface area (Å²) in [4.78, 5) is 21.5. The van der Waals surface area contributed by atoms with Crippen LogP contribution in [0.1, 0.15) is 19.3 Å². The standard InChI is InChI=1S/C17H23N7O2/c25-24(26)15-16(18-9-12-23-10-5-2-6-11-23)19-13-20-17(15)22-21-14-7-3-1-4-8-14/h1,3-4,7-8,13,21H,2,5-6,9-12H2,(H2,18,19,20,22). The summed E-state index contributed by atoms with van der Waals surface area (Å²) in [6.45, 7) is 3.61. The van der Waals surface area contributed by atoms with E-state index in [-0.39, 0.29) is 17.3 Å². The minimum atomic E-state index is -0.474. The molecule has 9 nitrogen and oxygen atoms in total. The fourth-order valence-corrected chi connectivity index (χ4v) is 2.94. The molecule has 138 valence electrons. The Balaban J connectivity index is 1.64. The molecule has 1 aliphatic heterocycles. The molecular formula is C17H23N7O2. The number of likely N-dealkylation sites (tertiary alicyclic amines) is 1. The number of hydrogen-bond donors (Lipinski definition) is 3. The first-order chi connectivity index (χ1) is 12.7. The van der Waals surface area contributed by atoms with Crippen LogP contribution in [-0.2, 0) is 0 Å². The fraction of sp³-hybridized carbons (Fsp3) is 0.412. The second kappa shape index (κ2) is 8.95. The highest BCUT2D eigenvalue weighted by atomic mass is 16.6. The smallest absolute Gasteiger partial charge is 0.354 e. The molecule has 0 spiro atoms. The van der Waals surface area contributed by atoms with Gasteiger partial charge in [-0.3, -0.25) is 21.0 Å². The van der Waals surface area contributed by atoms with Crippen LogP contribution in [0.2, 0.25) is 0 Å². The van der Waals surface area contributed by atoms with E-state index in [1.165, 1.54) is 25.6 Å². The Kier molecular flexibility index (Phi) is 6.15. The quantitative estimate of drug-likeness (QED) is 0.489. The Hall–Kier alpha value is -2.94. The van der Waals surface area contributed by atoms with Crippen molar-refractivity contribution in [1.82, 2.24) is 14.9 Å².